The largest absolute Gasteiger partial charge is 0.465 e. The highest BCUT2D eigenvalue weighted by molar-refractivity contribution is 6.06. The summed E-state index contributed by atoms with van der Waals surface area (Å²) in [4.78, 5) is 47.7. The van der Waals surface area contributed by atoms with E-state index in [1.54, 1.807) is 19.9 Å². The van der Waals surface area contributed by atoms with E-state index in [9.17, 15) is 24.5 Å². The van der Waals surface area contributed by atoms with Crippen molar-refractivity contribution in [3.05, 3.63) is 39.4 Å². The first kappa shape index (κ1) is 23.6. The summed E-state index contributed by atoms with van der Waals surface area (Å²) in [6, 6.07) is 5.23. The number of nitriles is 1. The Morgan fingerprint density at radius 3 is 2.21 bits per heavy atom. The molecule has 1 rings (SSSR count). The number of nitro benzene ring substituents is 1. The Hall–Kier alpha value is -3.48. The minimum Gasteiger partial charge on any atom is -0.465 e. The van der Waals surface area contributed by atoms with E-state index in [2.05, 4.69) is 0 Å². The van der Waals surface area contributed by atoms with E-state index >= 15 is 0 Å². The van der Waals surface area contributed by atoms with Gasteiger partial charge in [0.15, 0.2) is 11.5 Å². The third-order valence-corrected chi connectivity index (χ3v) is 4.05. The number of carbonyl (C=O) groups is 3. The lowest BCUT2D eigenvalue weighted by Gasteiger charge is -2.25. The van der Waals surface area contributed by atoms with E-state index in [1.165, 1.54) is 26.0 Å². The van der Waals surface area contributed by atoms with Crippen LogP contribution in [0.5, 0.6) is 0 Å². The number of esters is 3. The van der Waals surface area contributed by atoms with E-state index < -0.39 is 46.5 Å². The Labute approximate surface area is 167 Å². The van der Waals surface area contributed by atoms with Crippen LogP contribution in [-0.4, -0.2) is 42.1 Å². The molecule has 0 aliphatic carbocycles. The normalized spacial score (nSPS) is 11.7. The Morgan fingerprint density at radius 2 is 1.76 bits per heavy atom. The van der Waals surface area contributed by atoms with Crippen LogP contribution in [0.15, 0.2) is 18.2 Å². The highest BCUT2D eigenvalue weighted by Gasteiger charge is 2.46. The van der Waals surface area contributed by atoms with Crippen LogP contribution in [0.1, 0.15) is 38.8 Å². The summed E-state index contributed by atoms with van der Waals surface area (Å²) in [6.07, 6.45) is -1.56. The molecule has 0 fully saturated rings. The monoisotopic (exact) mass is 406 g/mol. The molecule has 0 aliphatic heterocycles. The number of hydrogen-bond donors (Lipinski definition) is 0. The zero-order valence-corrected chi connectivity index (χ0v) is 16.6. The van der Waals surface area contributed by atoms with Crippen molar-refractivity contribution in [2.45, 2.75) is 45.6 Å². The van der Waals surface area contributed by atoms with E-state index in [1.807, 2.05) is 0 Å². The van der Waals surface area contributed by atoms with Gasteiger partial charge in [0.2, 0.25) is 0 Å². The second-order valence-electron chi connectivity index (χ2n) is 6.10. The summed E-state index contributed by atoms with van der Waals surface area (Å²) in [5, 5.41) is 20.1. The molecular formula is C19H22N2O8. The molecule has 0 saturated heterocycles. The van der Waals surface area contributed by atoms with Crippen molar-refractivity contribution in [1.29, 1.82) is 5.26 Å². The molecule has 0 amide bonds. The number of ether oxygens (including phenoxy) is 3. The number of hydrogen-bond acceptors (Lipinski definition) is 9. The summed E-state index contributed by atoms with van der Waals surface area (Å²) in [7, 11) is 0. The van der Waals surface area contributed by atoms with Crippen molar-refractivity contribution in [2.75, 3.05) is 13.2 Å². The van der Waals surface area contributed by atoms with Crippen molar-refractivity contribution in [3.63, 3.8) is 0 Å². The molecule has 1 aromatic carbocycles. The van der Waals surface area contributed by atoms with Gasteiger partial charge in [-0.1, -0.05) is 6.07 Å². The Bertz CT molecular complexity index is 825. The maximum absolute atomic E-state index is 12.5. The molecular weight excluding hydrogens is 384 g/mol. The van der Waals surface area contributed by atoms with Gasteiger partial charge in [0.1, 0.15) is 6.07 Å². The SMILES string of the molecule is CCOC(=O)C(C)(C(=O)OCC)c1ccc([N+](=O)[O-])c(CC(=O)OC(C)C#N)c1. The first-order valence-electron chi connectivity index (χ1n) is 8.83. The molecule has 0 spiro atoms. The predicted octanol–water partition coefficient (Wildman–Crippen LogP) is 1.98. The van der Waals surface area contributed by atoms with Crippen molar-refractivity contribution in [1.82, 2.24) is 0 Å². The minimum atomic E-state index is -1.89. The van der Waals surface area contributed by atoms with Crippen molar-refractivity contribution < 1.29 is 33.5 Å². The van der Waals surface area contributed by atoms with E-state index in [-0.39, 0.29) is 24.3 Å². The second kappa shape index (κ2) is 10.2. The molecule has 0 N–H and O–H groups in total. The van der Waals surface area contributed by atoms with Crippen LogP contribution >= 0.6 is 0 Å². The third kappa shape index (κ3) is 5.51. The average Bonchev–Trinajstić information content (AvgIpc) is 2.67. The van der Waals surface area contributed by atoms with E-state index in [0.29, 0.717) is 0 Å². The van der Waals surface area contributed by atoms with Gasteiger partial charge in [-0.25, -0.2) is 0 Å². The highest BCUT2D eigenvalue weighted by atomic mass is 16.6. The fourth-order valence-corrected chi connectivity index (χ4v) is 2.51. The zero-order valence-electron chi connectivity index (χ0n) is 16.6. The molecule has 0 saturated carbocycles. The Kier molecular flexibility index (Phi) is 8.26. The lowest BCUT2D eigenvalue weighted by molar-refractivity contribution is -0.385. The zero-order chi connectivity index (χ0) is 22.2. The lowest BCUT2D eigenvalue weighted by Crippen LogP contribution is -2.43. The number of nitro groups is 1. The standard InChI is InChI=1S/C19H22N2O8/c1-5-27-17(23)19(4,18(24)28-6-2)14-7-8-15(21(25)26)13(9-14)10-16(22)29-12(3)11-20/h7-9,12H,5-6,10H2,1-4H3. The van der Waals surface area contributed by atoms with Crippen LogP contribution in [0.4, 0.5) is 5.69 Å². The molecule has 0 bridgehead atoms. The number of benzene rings is 1. The summed E-state index contributed by atoms with van der Waals surface area (Å²) >= 11 is 0. The molecule has 0 radical (unpaired) electrons. The van der Waals surface area contributed by atoms with Crippen LogP contribution < -0.4 is 0 Å². The van der Waals surface area contributed by atoms with Gasteiger partial charge < -0.3 is 14.2 Å². The topological polar surface area (TPSA) is 146 Å². The van der Waals surface area contributed by atoms with Gasteiger partial charge in [-0.15, -0.1) is 0 Å². The molecule has 0 heterocycles. The van der Waals surface area contributed by atoms with Gasteiger partial charge in [0, 0.05) is 11.6 Å². The summed E-state index contributed by atoms with van der Waals surface area (Å²) in [6.45, 7) is 5.78. The van der Waals surface area contributed by atoms with Gasteiger partial charge in [0.25, 0.3) is 5.69 Å². The van der Waals surface area contributed by atoms with Gasteiger partial charge in [0.05, 0.1) is 24.6 Å². The molecule has 1 aromatic rings. The minimum absolute atomic E-state index is 0.00599. The number of rotatable bonds is 9. The van der Waals surface area contributed by atoms with E-state index in [4.69, 9.17) is 19.5 Å². The van der Waals surface area contributed by atoms with Crippen molar-refractivity contribution >= 4 is 23.6 Å². The van der Waals surface area contributed by atoms with Gasteiger partial charge in [-0.3, -0.25) is 24.5 Å². The second-order valence-corrected chi connectivity index (χ2v) is 6.10. The average molecular weight is 406 g/mol. The molecule has 156 valence electrons. The van der Waals surface area contributed by atoms with Crippen molar-refractivity contribution in [3.8, 4) is 6.07 Å². The van der Waals surface area contributed by atoms with E-state index in [0.717, 1.165) is 6.07 Å². The molecule has 0 aromatic heterocycles. The quantitative estimate of drug-likeness (QED) is 0.197. The molecule has 1 atom stereocenters. The lowest BCUT2D eigenvalue weighted by atomic mass is 9.81. The van der Waals surface area contributed by atoms with Gasteiger partial charge in [-0.05, 0) is 39.3 Å². The smallest absolute Gasteiger partial charge is 0.327 e. The molecule has 29 heavy (non-hydrogen) atoms. The molecule has 10 nitrogen and oxygen atoms in total. The van der Waals surface area contributed by atoms with Crippen LogP contribution in [0.2, 0.25) is 0 Å². The summed E-state index contributed by atoms with van der Waals surface area (Å²) in [5.41, 5.74) is -2.30. The van der Waals surface area contributed by atoms with Gasteiger partial charge >= 0.3 is 17.9 Å². The van der Waals surface area contributed by atoms with Crippen molar-refractivity contribution in [2.24, 2.45) is 0 Å². The summed E-state index contributed by atoms with van der Waals surface area (Å²) in [5.74, 6) is -2.65. The maximum Gasteiger partial charge on any atom is 0.327 e. The fourth-order valence-electron chi connectivity index (χ4n) is 2.51. The highest BCUT2D eigenvalue weighted by Crippen LogP contribution is 2.32. The van der Waals surface area contributed by atoms with Crippen LogP contribution in [0, 0.1) is 21.4 Å². The van der Waals surface area contributed by atoms with Gasteiger partial charge in [-0.2, -0.15) is 5.26 Å². The molecule has 0 aliphatic rings. The van der Waals surface area contributed by atoms with Crippen LogP contribution in [0.25, 0.3) is 0 Å². The first-order chi connectivity index (χ1) is 13.6. The number of carbonyl (C=O) groups excluding carboxylic acids is 3. The third-order valence-electron chi connectivity index (χ3n) is 4.05. The Morgan fingerprint density at radius 1 is 1.21 bits per heavy atom. The first-order valence-corrected chi connectivity index (χ1v) is 8.83. The fraction of sp³-hybridized carbons (Fsp3) is 0.474. The van der Waals surface area contributed by atoms with Crippen LogP contribution in [-0.2, 0) is 40.4 Å². The van der Waals surface area contributed by atoms with Crippen LogP contribution in [0.3, 0.4) is 0 Å². The molecule has 1 unspecified atom stereocenters. The molecule has 10 heteroatoms. The number of nitrogens with zero attached hydrogens (tertiary/aromatic N) is 2. The maximum atomic E-state index is 12.5. The predicted molar refractivity (Wildman–Crippen MR) is 98.6 cm³/mol. The Balaban J connectivity index is 3.47. The summed E-state index contributed by atoms with van der Waals surface area (Å²) < 4.78 is 14.8.